The Morgan fingerprint density at radius 3 is 2.94 bits per heavy atom. The van der Waals surface area contributed by atoms with Gasteiger partial charge in [-0.25, -0.2) is 0 Å². The highest BCUT2D eigenvalue weighted by molar-refractivity contribution is 5.76. The van der Waals surface area contributed by atoms with E-state index in [-0.39, 0.29) is 12.0 Å². The Balaban J connectivity index is 2.19. The Kier molecular flexibility index (Phi) is 5.73. The number of hydrogen-bond acceptors (Lipinski definition) is 4. The summed E-state index contributed by atoms with van der Waals surface area (Å²) in [6, 6.07) is 0.489. The molecule has 1 rings (SSSR count). The predicted molar refractivity (Wildman–Crippen MR) is 63.1 cm³/mol. The van der Waals surface area contributed by atoms with Crippen molar-refractivity contribution in [2.24, 2.45) is 5.73 Å². The first-order valence-corrected chi connectivity index (χ1v) is 5.87. The van der Waals surface area contributed by atoms with Crippen LogP contribution in [0.3, 0.4) is 0 Å². The molecule has 2 unspecified atom stereocenters. The van der Waals surface area contributed by atoms with Gasteiger partial charge in [0.15, 0.2) is 0 Å². The molecule has 1 aliphatic rings. The Morgan fingerprint density at radius 2 is 2.44 bits per heavy atom. The molecule has 0 radical (unpaired) electrons. The quantitative estimate of drug-likeness (QED) is 0.648. The van der Waals surface area contributed by atoms with Gasteiger partial charge < -0.3 is 20.7 Å². The van der Waals surface area contributed by atoms with Crippen molar-refractivity contribution in [1.29, 1.82) is 0 Å². The van der Waals surface area contributed by atoms with Gasteiger partial charge in [0.1, 0.15) is 0 Å². The molecule has 0 aromatic heterocycles. The molecule has 1 amide bonds. The lowest BCUT2D eigenvalue weighted by molar-refractivity contribution is -0.123. The lowest BCUT2D eigenvalue weighted by atomic mass is 10.2. The monoisotopic (exact) mass is 229 g/mol. The van der Waals surface area contributed by atoms with Crippen molar-refractivity contribution in [1.82, 2.24) is 10.2 Å². The zero-order chi connectivity index (χ0) is 12.0. The number of methoxy groups -OCH3 is 1. The summed E-state index contributed by atoms with van der Waals surface area (Å²) in [5.41, 5.74) is 5.46. The molecule has 0 aromatic rings. The normalized spacial score (nSPS) is 23.3. The maximum atomic E-state index is 11.6. The van der Waals surface area contributed by atoms with E-state index in [4.69, 9.17) is 10.5 Å². The number of carbonyl (C=O) groups is 1. The summed E-state index contributed by atoms with van der Waals surface area (Å²) in [5, 5.41) is 2.94. The lowest BCUT2D eigenvalue weighted by Gasteiger charge is -2.20. The van der Waals surface area contributed by atoms with Gasteiger partial charge in [0, 0.05) is 26.2 Å². The number of likely N-dealkylation sites (N-methyl/N-ethyl adjacent to an activating group) is 1. The summed E-state index contributed by atoms with van der Waals surface area (Å²) in [5.74, 6) is 0.0256. The average molecular weight is 229 g/mol. The molecule has 1 fully saturated rings. The second-order valence-corrected chi connectivity index (χ2v) is 4.38. The summed E-state index contributed by atoms with van der Waals surface area (Å²) in [6.07, 6.45) is 2.58. The Hall–Kier alpha value is -0.650. The second kappa shape index (κ2) is 6.83. The molecule has 1 saturated heterocycles. The first kappa shape index (κ1) is 13.4. The van der Waals surface area contributed by atoms with E-state index >= 15 is 0 Å². The van der Waals surface area contributed by atoms with Crippen LogP contribution in [-0.2, 0) is 9.53 Å². The van der Waals surface area contributed by atoms with Crippen LogP contribution in [0.15, 0.2) is 0 Å². The highest BCUT2D eigenvalue weighted by atomic mass is 16.5. The maximum Gasteiger partial charge on any atom is 0.222 e. The van der Waals surface area contributed by atoms with Crippen molar-refractivity contribution < 1.29 is 9.53 Å². The Morgan fingerprint density at radius 1 is 1.69 bits per heavy atom. The molecule has 0 spiro atoms. The third-order valence-corrected chi connectivity index (χ3v) is 3.22. The number of nitrogens with zero attached hydrogens (tertiary/aromatic N) is 1. The van der Waals surface area contributed by atoms with Crippen LogP contribution in [0.25, 0.3) is 0 Å². The molecule has 0 aliphatic carbocycles. The molecule has 1 heterocycles. The molecule has 0 saturated carbocycles. The van der Waals surface area contributed by atoms with Gasteiger partial charge in [0.05, 0.1) is 12.5 Å². The van der Waals surface area contributed by atoms with E-state index in [1.165, 1.54) is 12.8 Å². The van der Waals surface area contributed by atoms with Crippen LogP contribution >= 0.6 is 0 Å². The minimum atomic E-state index is -0.165. The molecular weight excluding hydrogens is 206 g/mol. The third kappa shape index (κ3) is 4.08. The molecular formula is C11H23N3O2. The summed E-state index contributed by atoms with van der Waals surface area (Å²) >= 11 is 0. The number of rotatable bonds is 6. The predicted octanol–water partition coefficient (Wildman–Crippen LogP) is -0.439. The van der Waals surface area contributed by atoms with Gasteiger partial charge in [0.25, 0.3) is 0 Å². The Bertz CT molecular complexity index is 219. The van der Waals surface area contributed by atoms with Gasteiger partial charge in [-0.2, -0.15) is 0 Å². The molecule has 16 heavy (non-hydrogen) atoms. The fourth-order valence-corrected chi connectivity index (χ4v) is 2.01. The fourth-order valence-electron chi connectivity index (χ4n) is 2.01. The van der Waals surface area contributed by atoms with Gasteiger partial charge in [-0.3, -0.25) is 4.79 Å². The van der Waals surface area contributed by atoms with Crippen LogP contribution in [0, 0.1) is 0 Å². The van der Waals surface area contributed by atoms with Gasteiger partial charge in [0.2, 0.25) is 5.91 Å². The fraction of sp³-hybridized carbons (Fsp3) is 0.909. The number of likely N-dealkylation sites (tertiary alicyclic amines) is 1. The number of nitrogens with two attached hydrogens (primary N) is 1. The molecule has 3 N–H and O–H groups in total. The number of hydrogen-bond donors (Lipinski definition) is 2. The number of amides is 1. The second-order valence-electron chi connectivity index (χ2n) is 4.38. The largest absolute Gasteiger partial charge is 0.380 e. The van der Waals surface area contributed by atoms with Crippen molar-refractivity contribution in [3.05, 3.63) is 0 Å². The van der Waals surface area contributed by atoms with Crippen molar-refractivity contribution in [3.63, 3.8) is 0 Å². The summed E-state index contributed by atoms with van der Waals surface area (Å²) < 4.78 is 5.07. The van der Waals surface area contributed by atoms with E-state index in [0.29, 0.717) is 19.0 Å². The standard InChI is InChI=1S/C11H23N3O2/c1-14-5-3-4-9(14)8-13-11(15)6-10(7-12)16-2/h9-10H,3-8,12H2,1-2H3,(H,13,15). The zero-order valence-corrected chi connectivity index (χ0v) is 10.2. The highest BCUT2D eigenvalue weighted by Crippen LogP contribution is 2.13. The van der Waals surface area contributed by atoms with E-state index in [1.54, 1.807) is 7.11 Å². The molecule has 5 nitrogen and oxygen atoms in total. The average Bonchev–Trinajstić information content (AvgIpc) is 2.69. The molecule has 1 aliphatic heterocycles. The van der Waals surface area contributed by atoms with Crippen LogP contribution in [-0.4, -0.2) is 56.7 Å². The van der Waals surface area contributed by atoms with E-state index < -0.39 is 0 Å². The van der Waals surface area contributed by atoms with Crippen molar-refractivity contribution in [3.8, 4) is 0 Å². The lowest BCUT2D eigenvalue weighted by Crippen LogP contribution is -2.40. The van der Waals surface area contributed by atoms with Crippen molar-refractivity contribution in [2.75, 3.05) is 33.8 Å². The van der Waals surface area contributed by atoms with Gasteiger partial charge in [-0.1, -0.05) is 0 Å². The Labute approximate surface area is 97.3 Å². The number of ether oxygens (including phenoxy) is 1. The molecule has 0 aromatic carbocycles. The van der Waals surface area contributed by atoms with E-state index in [0.717, 1.165) is 13.1 Å². The molecule has 94 valence electrons. The zero-order valence-electron chi connectivity index (χ0n) is 10.2. The first-order chi connectivity index (χ1) is 7.67. The number of carbonyl (C=O) groups excluding carboxylic acids is 1. The van der Waals surface area contributed by atoms with Crippen LogP contribution in [0.5, 0.6) is 0 Å². The van der Waals surface area contributed by atoms with E-state index in [9.17, 15) is 4.79 Å². The van der Waals surface area contributed by atoms with E-state index in [1.807, 2.05) is 0 Å². The van der Waals surface area contributed by atoms with E-state index in [2.05, 4.69) is 17.3 Å². The van der Waals surface area contributed by atoms with Crippen LogP contribution in [0.4, 0.5) is 0 Å². The first-order valence-electron chi connectivity index (χ1n) is 5.87. The third-order valence-electron chi connectivity index (χ3n) is 3.22. The summed E-state index contributed by atoms with van der Waals surface area (Å²) in [4.78, 5) is 13.9. The summed E-state index contributed by atoms with van der Waals surface area (Å²) in [6.45, 7) is 2.24. The van der Waals surface area contributed by atoms with Gasteiger partial charge >= 0.3 is 0 Å². The highest BCUT2D eigenvalue weighted by Gasteiger charge is 2.21. The van der Waals surface area contributed by atoms with Crippen LogP contribution in [0.1, 0.15) is 19.3 Å². The summed E-state index contributed by atoms with van der Waals surface area (Å²) in [7, 11) is 3.68. The molecule has 0 bridgehead atoms. The minimum Gasteiger partial charge on any atom is -0.380 e. The topological polar surface area (TPSA) is 67.6 Å². The number of nitrogens with one attached hydrogen (secondary N) is 1. The van der Waals surface area contributed by atoms with Crippen LogP contribution in [0.2, 0.25) is 0 Å². The van der Waals surface area contributed by atoms with Gasteiger partial charge in [-0.15, -0.1) is 0 Å². The van der Waals surface area contributed by atoms with Crippen molar-refractivity contribution in [2.45, 2.75) is 31.4 Å². The SMILES string of the molecule is COC(CN)CC(=O)NCC1CCCN1C. The molecule has 2 atom stereocenters. The van der Waals surface area contributed by atoms with Crippen molar-refractivity contribution >= 4 is 5.91 Å². The molecule has 5 heteroatoms. The van der Waals surface area contributed by atoms with Crippen LogP contribution < -0.4 is 11.1 Å². The minimum absolute atomic E-state index is 0.0256. The van der Waals surface area contributed by atoms with Gasteiger partial charge in [-0.05, 0) is 26.4 Å². The maximum absolute atomic E-state index is 11.6. The smallest absolute Gasteiger partial charge is 0.222 e.